The Morgan fingerprint density at radius 2 is 1.95 bits per heavy atom. The van der Waals surface area contributed by atoms with Crippen LogP contribution in [0.4, 0.5) is 10.1 Å². The van der Waals surface area contributed by atoms with Gasteiger partial charge in [-0.05, 0) is 38.2 Å². The minimum absolute atomic E-state index is 0.0716. The maximum Gasteiger partial charge on any atom is 0.240 e. The van der Waals surface area contributed by atoms with Gasteiger partial charge in [0.2, 0.25) is 10.0 Å². The number of halogens is 1. The van der Waals surface area contributed by atoms with Crippen LogP contribution < -0.4 is 10.5 Å². The predicted molar refractivity (Wildman–Crippen MR) is 78.3 cm³/mol. The molecule has 0 saturated carbocycles. The van der Waals surface area contributed by atoms with E-state index in [1.807, 2.05) is 32.8 Å². The number of sulfonamides is 1. The molecule has 0 saturated heterocycles. The summed E-state index contributed by atoms with van der Waals surface area (Å²) in [4.78, 5) is 1.78. The molecule has 3 N–H and O–H groups in total. The molecule has 20 heavy (non-hydrogen) atoms. The number of nitrogens with zero attached hydrogens (tertiary/aromatic N) is 1. The van der Waals surface area contributed by atoms with Crippen molar-refractivity contribution in [2.45, 2.75) is 24.8 Å². The molecule has 0 spiro atoms. The average molecular weight is 303 g/mol. The van der Waals surface area contributed by atoms with Crippen LogP contribution in [0.2, 0.25) is 0 Å². The lowest BCUT2D eigenvalue weighted by Crippen LogP contribution is -2.44. The van der Waals surface area contributed by atoms with Gasteiger partial charge in [-0.1, -0.05) is 13.8 Å². The molecule has 0 fully saturated rings. The average Bonchev–Trinajstić information content (AvgIpc) is 2.30. The zero-order valence-corrected chi connectivity index (χ0v) is 13.0. The quantitative estimate of drug-likeness (QED) is 0.776. The number of nitrogens with one attached hydrogen (secondary N) is 1. The molecule has 1 rings (SSSR count). The summed E-state index contributed by atoms with van der Waals surface area (Å²) in [7, 11) is -0.0264. The Morgan fingerprint density at radius 3 is 2.40 bits per heavy atom. The highest BCUT2D eigenvalue weighted by molar-refractivity contribution is 7.89. The molecule has 0 heterocycles. The van der Waals surface area contributed by atoms with E-state index in [2.05, 4.69) is 4.72 Å². The molecule has 0 radical (unpaired) electrons. The third-order valence-corrected chi connectivity index (χ3v) is 4.44. The first-order chi connectivity index (χ1) is 9.13. The smallest absolute Gasteiger partial charge is 0.240 e. The standard InChI is InChI=1S/C13H22FN3O2S/c1-9(2)13(8-17(3)4)16-20(18,19)10-5-6-12(15)11(14)7-10/h5-7,9,13,16H,8,15H2,1-4H3. The van der Waals surface area contributed by atoms with E-state index in [0.717, 1.165) is 6.07 Å². The number of hydrogen-bond donors (Lipinski definition) is 2. The van der Waals surface area contributed by atoms with Crippen molar-refractivity contribution in [3.05, 3.63) is 24.0 Å². The fourth-order valence-electron chi connectivity index (χ4n) is 1.72. The predicted octanol–water partition coefficient (Wildman–Crippen LogP) is 1.27. The normalized spacial score (nSPS) is 13.9. The third kappa shape index (κ3) is 4.43. The van der Waals surface area contributed by atoms with Crippen molar-refractivity contribution < 1.29 is 12.8 Å². The first kappa shape index (κ1) is 16.9. The molecule has 0 bridgehead atoms. The summed E-state index contributed by atoms with van der Waals surface area (Å²) in [5.41, 5.74) is 5.28. The van der Waals surface area contributed by atoms with Crippen LogP contribution in [0.3, 0.4) is 0 Å². The maximum absolute atomic E-state index is 13.4. The SMILES string of the molecule is CC(C)C(CN(C)C)NS(=O)(=O)c1ccc(N)c(F)c1. The van der Waals surface area contributed by atoms with Crippen molar-refractivity contribution >= 4 is 15.7 Å². The van der Waals surface area contributed by atoms with Crippen LogP contribution in [0, 0.1) is 11.7 Å². The summed E-state index contributed by atoms with van der Waals surface area (Å²) in [6, 6.07) is 3.23. The van der Waals surface area contributed by atoms with Gasteiger partial charge in [0.05, 0.1) is 10.6 Å². The minimum atomic E-state index is -3.76. The number of likely N-dealkylation sites (N-methyl/N-ethyl adjacent to an activating group) is 1. The second-order valence-electron chi connectivity index (χ2n) is 5.42. The van der Waals surface area contributed by atoms with Crippen molar-refractivity contribution in [2.75, 3.05) is 26.4 Å². The van der Waals surface area contributed by atoms with Gasteiger partial charge in [-0.25, -0.2) is 17.5 Å². The molecule has 114 valence electrons. The summed E-state index contributed by atoms with van der Waals surface area (Å²) < 4.78 is 40.5. The number of rotatable bonds is 6. The molecule has 0 aliphatic rings. The van der Waals surface area contributed by atoms with E-state index in [4.69, 9.17) is 5.73 Å². The number of hydrogen-bond acceptors (Lipinski definition) is 4. The molecule has 1 aromatic rings. The monoisotopic (exact) mass is 303 g/mol. The third-order valence-electron chi connectivity index (χ3n) is 2.96. The van der Waals surface area contributed by atoms with Gasteiger partial charge in [0, 0.05) is 12.6 Å². The molecule has 0 amide bonds. The van der Waals surface area contributed by atoms with E-state index in [-0.39, 0.29) is 22.5 Å². The van der Waals surface area contributed by atoms with Crippen molar-refractivity contribution in [3.63, 3.8) is 0 Å². The zero-order valence-electron chi connectivity index (χ0n) is 12.2. The molecule has 0 aromatic heterocycles. The van der Waals surface area contributed by atoms with E-state index < -0.39 is 15.8 Å². The van der Waals surface area contributed by atoms with Crippen LogP contribution in [0.5, 0.6) is 0 Å². The Hall–Kier alpha value is -1.18. The minimum Gasteiger partial charge on any atom is -0.396 e. The van der Waals surface area contributed by atoms with E-state index in [1.165, 1.54) is 12.1 Å². The lowest BCUT2D eigenvalue weighted by atomic mass is 10.1. The fraction of sp³-hybridized carbons (Fsp3) is 0.538. The Morgan fingerprint density at radius 1 is 1.35 bits per heavy atom. The van der Waals surface area contributed by atoms with E-state index in [1.54, 1.807) is 0 Å². The number of anilines is 1. The number of nitrogen functional groups attached to an aromatic ring is 1. The van der Waals surface area contributed by atoms with E-state index >= 15 is 0 Å². The number of nitrogens with two attached hydrogens (primary N) is 1. The highest BCUT2D eigenvalue weighted by Gasteiger charge is 2.23. The van der Waals surface area contributed by atoms with Crippen LogP contribution in [0.1, 0.15) is 13.8 Å². The van der Waals surface area contributed by atoms with Gasteiger partial charge in [0.15, 0.2) is 0 Å². The molecule has 1 atom stereocenters. The van der Waals surface area contributed by atoms with Gasteiger partial charge in [0.1, 0.15) is 5.82 Å². The van der Waals surface area contributed by atoms with Gasteiger partial charge in [-0.2, -0.15) is 0 Å². The molecule has 7 heteroatoms. The highest BCUT2D eigenvalue weighted by Crippen LogP contribution is 2.17. The van der Waals surface area contributed by atoms with Crippen molar-refractivity contribution in [3.8, 4) is 0 Å². The van der Waals surface area contributed by atoms with Crippen LogP contribution in [-0.4, -0.2) is 40.0 Å². The molecule has 0 aliphatic carbocycles. The van der Waals surface area contributed by atoms with Crippen LogP contribution in [-0.2, 0) is 10.0 Å². The zero-order chi connectivity index (χ0) is 15.5. The summed E-state index contributed by atoms with van der Waals surface area (Å²) in [5, 5.41) is 0. The van der Waals surface area contributed by atoms with E-state index in [0.29, 0.717) is 6.54 Å². The highest BCUT2D eigenvalue weighted by atomic mass is 32.2. The largest absolute Gasteiger partial charge is 0.396 e. The molecular formula is C13H22FN3O2S. The molecule has 5 nitrogen and oxygen atoms in total. The first-order valence-corrected chi connectivity index (χ1v) is 7.84. The van der Waals surface area contributed by atoms with E-state index in [9.17, 15) is 12.8 Å². The lowest BCUT2D eigenvalue weighted by molar-refractivity contribution is 0.314. The van der Waals surface area contributed by atoms with Crippen LogP contribution in [0.25, 0.3) is 0 Å². The van der Waals surface area contributed by atoms with Gasteiger partial charge in [-0.15, -0.1) is 0 Å². The first-order valence-electron chi connectivity index (χ1n) is 6.35. The Kier molecular flexibility index (Phi) is 5.50. The summed E-state index contributed by atoms with van der Waals surface area (Å²) in [6.45, 7) is 4.43. The maximum atomic E-state index is 13.4. The fourth-order valence-corrected chi connectivity index (χ4v) is 3.11. The van der Waals surface area contributed by atoms with Crippen LogP contribution >= 0.6 is 0 Å². The van der Waals surface area contributed by atoms with Gasteiger partial charge in [-0.3, -0.25) is 0 Å². The Labute approximate surface area is 120 Å². The van der Waals surface area contributed by atoms with Crippen molar-refractivity contribution in [1.29, 1.82) is 0 Å². The second-order valence-corrected chi connectivity index (χ2v) is 7.13. The molecule has 1 aromatic carbocycles. The van der Waals surface area contributed by atoms with Crippen LogP contribution in [0.15, 0.2) is 23.1 Å². The van der Waals surface area contributed by atoms with Gasteiger partial charge < -0.3 is 10.6 Å². The van der Waals surface area contributed by atoms with Crippen molar-refractivity contribution in [1.82, 2.24) is 9.62 Å². The Balaban J connectivity index is 3.00. The Bertz CT molecular complexity index is 559. The second kappa shape index (κ2) is 6.51. The molecule has 1 unspecified atom stereocenters. The summed E-state index contributed by atoms with van der Waals surface area (Å²) >= 11 is 0. The molecular weight excluding hydrogens is 281 g/mol. The topological polar surface area (TPSA) is 75.4 Å². The van der Waals surface area contributed by atoms with Gasteiger partial charge >= 0.3 is 0 Å². The van der Waals surface area contributed by atoms with Crippen molar-refractivity contribution in [2.24, 2.45) is 5.92 Å². The lowest BCUT2D eigenvalue weighted by Gasteiger charge is -2.25. The molecule has 0 aliphatic heterocycles. The number of benzene rings is 1. The summed E-state index contributed by atoms with van der Waals surface area (Å²) in [5.74, 6) is -0.618. The van der Waals surface area contributed by atoms with Gasteiger partial charge in [0.25, 0.3) is 0 Å². The summed E-state index contributed by atoms with van der Waals surface area (Å²) in [6.07, 6.45) is 0.